The number of esters is 1. The highest BCUT2D eigenvalue weighted by Crippen LogP contribution is 2.33. The fourth-order valence-corrected chi connectivity index (χ4v) is 5.87. The lowest BCUT2D eigenvalue weighted by molar-refractivity contribution is 0.0728. The molecule has 192 valence electrons. The minimum Gasteiger partial charge on any atom is -0.493 e. The van der Waals surface area contributed by atoms with Crippen molar-refractivity contribution in [1.82, 2.24) is 0 Å². The Morgan fingerprint density at radius 1 is 0.921 bits per heavy atom. The molecule has 1 aliphatic rings. The molecule has 38 heavy (non-hydrogen) atoms. The minimum absolute atomic E-state index is 0.208. The third-order valence-electron chi connectivity index (χ3n) is 6.07. The van der Waals surface area contributed by atoms with E-state index in [9.17, 15) is 13.2 Å². The van der Waals surface area contributed by atoms with Gasteiger partial charge in [-0.1, -0.05) is 48.0 Å². The summed E-state index contributed by atoms with van der Waals surface area (Å²) < 4.78 is 41.1. The van der Waals surface area contributed by atoms with Gasteiger partial charge in [0.1, 0.15) is 0 Å². The smallest absolute Gasteiger partial charge is 0.344 e. The Bertz CT molecular complexity index is 1700. The first-order valence-electron chi connectivity index (χ1n) is 11.7. The highest BCUT2D eigenvalue weighted by molar-refractivity contribution is 9.10. The molecular formula is C29H23BrN2O5S. The Morgan fingerprint density at radius 2 is 1.68 bits per heavy atom. The van der Waals surface area contributed by atoms with E-state index in [1.54, 1.807) is 54.6 Å². The number of fused-ring (bicyclic) bond motifs is 1. The molecule has 4 aromatic rings. The molecule has 0 amide bonds. The van der Waals surface area contributed by atoms with Gasteiger partial charge in [-0.3, -0.25) is 0 Å². The third-order valence-corrected chi connectivity index (χ3v) is 8.10. The van der Waals surface area contributed by atoms with Crippen LogP contribution in [0.15, 0.2) is 98.7 Å². The molecule has 1 N–H and O–H groups in total. The largest absolute Gasteiger partial charge is 0.493 e. The Kier molecular flexibility index (Phi) is 7.05. The van der Waals surface area contributed by atoms with Gasteiger partial charge in [-0.05, 0) is 70.9 Å². The van der Waals surface area contributed by atoms with Crippen molar-refractivity contribution in [1.29, 1.82) is 0 Å². The molecule has 7 nitrogen and oxygen atoms in total. The lowest BCUT2D eigenvalue weighted by atomic mass is 9.98. The quantitative estimate of drug-likeness (QED) is 0.205. The van der Waals surface area contributed by atoms with Crippen molar-refractivity contribution in [2.24, 2.45) is 4.40 Å². The predicted octanol–water partition coefficient (Wildman–Crippen LogP) is 6.14. The van der Waals surface area contributed by atoms with Gasteiger partial charge < -0.3 is 14.8 Å². The van der Waals surface area contributed by atoms with Crippen LogP contribution >= 0.6 is 15.9 Å². The highest BCUT2D eigenvalue weighted by atomic mass is 79.9. The number of anilines is 1. The summed E-state index contributed by atoms with van der Waals surface area (Å²) in [4.78, 5) is 12.9. The number of nitrogens with one attached hydrogen (secondary N) is 1. The van der Waals surface area contributed by atoms with E-state index in [0.717, 1.165) is 16.8 Å². The Hall–Kier alpha value is -3.95. The fraction of sp³-hybridized carbons (Fsp3) is 0.103. The summed E-state index contributed by atoms with van der Waals surface area (Å²) in [5.74, 6) is 0.211. The predicted molar refractivity (Wildman–Crippen MR) is 150 cm³/mol. The van der Waals surface area contributed by atoms with Crippen molar-refractivity contribution in [3.63, 3.8) is 0 Å². The number of carbonyl (C=O) groups is 1. The summed E-state index contributed by atoms with van der Waals surface area (Å²) in [6.45, 7) is 2.36. The highest BCUT2D eigenvalue weighted by Gasteiger charge is 2.30. The number of carbonyl (C=O) groups excluding carboxylic acids is 1. The normalized spacial score (nSPS) is 13.4. The Balaban J connectivity index is 1.39. The standard InChI is InChI=1S/C29H23BrN2O5S/c1-18-11-13-24(22(15-18)28-21-8-4-6-10-27(21)38(34,35)32-28)31-17-19-12-14-25(26(16-19)36-2)37-29(33)20-7-3-5-9-23(20)30/h3-16,31H,17H2,1-2H3. The van der Waals surface area contributed by atoms with Crippen LogP contribution in [0.25, 0.3) is 0 Å². The van der Waals surface area contributed by atoms with Crippen molar-refractivity contribution in [3.8, 4) is 11.5 Å². The number of hydrogen-bond acceptors (Lipinski definition) is 6. The fourth-order valence-electron chi connectivity index (χ4n) is 4.19. The van der Waals surface area contributed by atoms with Crippen LogP contribution < -0.4 is 14.8 Å². The number of hydrogen-bond donors (Lipinski definition) is 1. The lowest BCUT2D eigenvalue weighted by Crippen LogP contribution is -2.11. The lowest BCUT2D eigenvalue weighted by Gasteiger charge is -2.15. The van der Waals surface area contributed by atoms with Gasteiger partial charge in [0.15, 0.2) is 11.5 Å². The van der Waals surface area contributed by atoms with E-state index in [1.165, 1.54) is 7.11 Å². The maximum atomic E-state index is 12.6. The number of halogens is 1. The average Bonchev–Trinajstić information content (AvgIpc) is 3.19. The molecule has 0 spiro atoms. The Morgan fingerprint density at radius 3 is 2.47 bits per heavy atom. The van der Waals surface area contributed by atoms with Crippen molar-refractivity contribution in [3.05, 3.63) is 117 Å². The molecule has 0 saturated carbocycles. The molecule has 0 aliphatic carbocycles. The van der Waals surface area contributed by atoms with E-state index in [4.69, 9.17) is 9.47 Å². The van der Waals surface area contributed by atoms with Gasteiger partial charge in [0, 0.05) is 27.8 Å². The van der Waals surface area contributed by atoms with E-state index in [2.05, 4.69) is 25.6 Å². The summed E-state index contributed by atoms with van der Waals surface area (Å²) in [7, 11) is -2.24. The molecule has 5 rings (SSSR count). The molecular weight excluding hydrogens is 568 g/mol. The van der Waals surface area contributed by atoms with Crippen LogP contribution in [0.3, 0.4) is 0 Å². The van der Waals surface area contributed by atoms with Gasteiger partial charge in [0.2, 0.25) is 0 Å². The topological polar surface area (TPSA) is 94.1 Å². The zero-order valence-electron chi connectivity index (χ0n) is 20.6. The van der Waals surface area contributed by atoms with Crippen LogP contribution in [0.1, 0.15) is 32.6 Å². The molecule has 0 atom stereocenters. The number of sulfonamides is 1. The molecule has 0 saturated heterocycles. The molecule has 1 aliphatic heterocycles. The van der Waals surface area contributed by atoms with Gasteiger partial charge in [-0.25, -0.2) is 4.79 Å². The summed E-state index contributed by atoms with van der Waals surface area (Å²) in [6.07, 6.45) is 0. The molecule has 0 bridgehead atoms. The molecule has 0 fully saturated rings. The van der Waals surface area contributed by atoms with Crippen LogP contribution in [0.4, 0.5) is 5.69 Å². The number of rotatable bonds is 7. The van der Waals surface area contributed by atoms with Crippen LogP contribution in [0, 0.1) is 6.92 Å². The van der Waals surface area contributed by atoms with Gasteiger partial charge in [-0.2, -0.15) is 12.8 Å². The average molecular weight is 591 g/mol. The van der Waals surface area contributed by atoms with E-state index in [0.29, 0.717) is 44.9 Å². The number of benzene rings is 4. The number of methoxy groups -OCH3 is 1. The van der Waals surface area contributed by atoms with E-state index >= 15 is 0 Å². The van der Waals surface area contributed by atoms with E-state index < -0.39 is 16.0 Å². The summed E-state index contributed by atoms with van der Waals surface area (Å²) >= 11 is 3.37. The monoisotopic (exact) mass is 590 g/mol. The first-order valence-corrected chi connectivity index (χ1v) is 13.9. The van der Waals surface area contributed by atoms with Crippen molar-refractivity contribution in [2.75, 3.05) is 12.4 Å². The van der Waals surface area contributed by atoms with E-state index in [1.807, 2.05) is 37.3 Å². The van der Waals surface area contributed by atoms with Crippen LogP contribution in [0.5, 0.6) is 11.5 Å². The number of ether oxygens (including phenoxy) is 2. The minimum atomic E-state index is -3.75. The maximum Gasteiger partial charge on any atom is 0.344 e. The Labute approximate surface area is 229 Å². The molecule has 1 heterocycles. The molecule has 9 heteroatoms. The van der Waals surface area contributed by atoms with Crippen LogP contribution in [-0.2, 0) is 16.6 Å². The van der Waals surface area contributed by atoms with Crippen LogP contribution in [-0.4, -0.2) is 27.2 Å². The first kappa shape index (κ1) is 25.7. The molecule has 0 aromatic heterocycles. The zero-order chi connectivity index (χ0) is 26.9. The second kappa shape index (κ2) is 10.4. The zero-order valence-corrected chi connectivity index (χ0v) is 23.0. The van der Waals surface area contributed by atoms with Gasteiger partial charge in [0.25, 0.3) is 10.0 Å². The maximum absolute atomic E-state index is 12.6. The van der Waals surface area contributed by atoms with Gasteiger partial charge in [0.05, 0.1) is 23.3 Å². The van der Waals surface area contributed by atoms with Crippen molar-refractivity contribution in [2.45, 2.75) is 18.4 Å². The summed E-state index contributed by atoms with van der Waals surface area (Å²) in [5.41, 5.74) is 4.70. The molecule has 4 aromatic carbocycles. The van der Waals surface area contributed by atoms with Gasteiger partial charge >= 0.3 is 5.97 Å². The van der Waals surface area contributed by atoms with Crippen molar-refractivity contribution >= 4 is 43.3 Å². The van der Waals surface area contributed by atoms with Gasteiger partial charge in [-0.15, -0.1) is 0 Å². The SMILES string of the molecule is COc1cc(CNc2ccc(C)cc2C2=NS(=O)(=O)c3ccccc32)ccc1OC(=O)c1ccccc1Br. The second-order valence-electron chi connectivity index (χ2n) is 8.67. The third kappa shape index (κ3) is 5.07. The number of aryl methyl sites for hydroxylation is 1. The molecule has 0 unspecified atom stereocenters. The van der Waals surface area contributed by atoms with Crippen LogP contribution in [0.2, 0.25) is 0 Å². The second-order valence-corrected chi connectivity index (χ2v) is 11.1. The number of nitrogens with zero attached hydrogens (tertiary/aromatic N) is 1. The summed E-state index contributed by atoms with van der Waals surface area (Å²) in [6, 6.07) is 24.9. The van der Waals surface area contributed by atoms with E-state index in [-0.39, 0.29) is 4.90 Å². The van der Waals surface area contributed by atoms with Crippen molar-refractivity contribution < 1.29 is 22.7 Å². The summed E-state index contributed by atoms with van der Waals surface area (Å²) in [5, 5.41) is 3.39. The molecule has 0 radical (unpaired) electrons. The first-order chi connectivity index (χ1) is 18.3.